The summed E-state index contributed by atoms with van der Waals surface area (Å²) in [5.41, 5.74) is 2.31. The Morgan fingerprint density at radius 3 is 2.82 bits per heavy atom. The van der Waals surface area contributed by atoms with Crippen LogP contribution in [0.2, 0.25) is 0 Å². The van der Waals surface area contributed by atoms with E-state index < -0.39 is 0 Å². The first-order chi connectivity index (χ1) is 10.6. The molecular weight excluding hydrogens is 296 g/mol. The van der Waals surface area contributed by atoms with E-state index in [9.17, 15) is 4.79 Å². The van der Waals surface area contributed by atoms with Crippen molar-refractivity contribution in [3.63, 3.8) is 0 Å². The molecule has 0 unspecified atom stereocenters. The molecule has 3 rings (SSSR count). The van der Waals surface area contributed by atoms with E-state index in [1.165, 1.54) is 11.6 Å². The van der Waals surface area contributed by atoms with Gasteiger partial charge in [-0.15, -0.1) is 11.3 Å². The highest BCUT2D eigenvalue weighted by Crippen LogP contribution is 2.21. The van der Waals surface area contributed by atoms with Crippen LogP contribution in [0.1, 0.15) is 28.0 Å². The average Bonchev–Trinajstić information content (AvgIpc) is 2.89. The van der Waals surface area contributed by atoms with Crippen LogP contribution in [0.3, 0.4) is 0 Å². The summed E-state index contributed by atoms with van der Waals surface area (Å²) in [6.07, 6.45) is 2.39. The van der Waals surface area contributed by atoms with E-state index in [1.54, 1.807) is 17.5 Å². The molecule has 6 heteroatoms. The number of nitrogens with zero attached hydrogens (tertiary/aromatic N) is 3. The second kappa shape index (κ2) is 6.19. The molecule has 2 aromatic heterocycles. The Bertz CT molecular complexity index is 795. The van der Waals surface area contributed by atoms with Crippen molar-refractivity contribution in [2.45, 2.75) is 20.3 Å². The molecule has 0 fully saturated rings. The van der Waals surface area contributed by atoms with Gasteiger partial charge in [-0.3, -0.25) is 4.79 Å². The average molecular weight is 312 g/mol. The minimum absolute atomic E-state index is 0.0153. The lowest BCUT2D eigenvalue weighted by atomic mass is 10.2. The lowest BCUT2D eigenvalue weighted by Crippen LogP contribution is -2.10. The summed E-state index contributed by atoms with van der Waals surface area (Å²) < 4.78 is 1.20. The molecule has 1 aromatic carbocycles. The van der Waals surface area contributed by atoms with Crippen molar-refractivity contribution < 1.29 is 4.79 Å². The van der Waals surface area contributed by atoms with Gasteiger partial charge in [0.05, 0.1) is 26.5 Å². The Morgan fingerprint density at radius 1 is 1.27 bits per heavy atom. The summed E-state index contributed by atoms with van der Waals surface area (Å²) in [6, 6.07) is 8.12. The van der Waals surface area contributed by atoms with E-state index in [-0.39, 0.29) is 5.78 Å². The maximum absolute atomic E-state index is 11.4. The topological polar surface area (TPSA) is 67.8 Å². The number of carbonyl (C=O) groups excluding carboxylic acids is 1. The molecule has 0 bridgehead atoms. The Hall–Kier alpha value is -2.34. The second-order valence-electron chi connectivity index (χ2n) is 5.00. The molecule has 0 radical (unpaired) electrons. The van der Waals surface area contributed by atoms with E-state index in [1.807, 2.05) is 25.1 Å². The Kier molecular flexibility index (Phi) is 4.11. The van der Waals surface area contributed by atoms with Gasteiger partial charge in [-0.2, -0.15) is 0 Å². The molecular formula is C16H16N4OS. The summed E-state index contributed by atoms with van der Waals surface area (Å²) in [5, 5.41) is 4.27. The molecule has 0 aliphatic heterocycles. The van der Waals surface area contributed by atoms with E-state index in [0.717, 1.165) is 16.9 Å². The van der Waals surface area contributed by atoms with Gasteiger partial charge in [-0.1, -0.05) is 12.1 Å². The van der Waals surface area contributed by atoms with Gasteiger partial charge in [0.25, 0.3) is 0 Å². The molecule has 0 saturated carbocycles. The normalized spacial score (nSPS) is 10.8. The van der Waals surface area contributed by atoms with E-state index >= 15 is 0 Å². The predicted molar refractivity (Wildman–Crippen MR) is 88.6 cm³/mol. The fourth-order valence-electron chi connectivity index (χ4n) is 2.21. The molecule has 0 aliphatic rings. The lowest BCUT2D eigenvalue weighted by molar-refractivity contribution is 0.101. The Balaban J connectivity index is 1.63. The van der Waals surface area contributed by atoms with Crippen LogP contribution < -0.4 is 5.32 Å². The summed E-state index contributed by atoms with van der Waals surface area (Å²) in [6.45, 7) is 4.04. The third kappa shape index (κ3) is 3.12. The number of nitrogens with one attached hydrogen (secondary N) is 1. The van der Waals surface area contributed by atoms with Crippen LogP contribution in [0.4, 0.5) is 5.95 Å². The number of fused-ring (bicyclic) bond motifs is 1. The summed E-state index contributed by atoms with van der Waals surface area (Å²) in [5.74, 6) is 0.530. The highest BCUT2D eigenvalue weighted by atomic mass is 32.1. The van der Waals surface area contributed by atoms with Crippen molar-refractivity contribution in [2.75, 3.05) is 11.9 Å². The Labute approximate surface area is 132 Å². The number of hydrogen-bond donors (Lipinski definition) is 1. The number of benzene rings is 1. The van der Waals surface area contributed by atoms with Gasteiger partial charge in [0.15, 0.2) is 5.78 Å². The predicted octanol–water partition coefficient (Wildman–Crippen LogP) is 3.25. The number of para-hydroxylation sites is 1. The monoisotopic (exact) mass is 312 g/mol. The largest absolute Gasteiger partial charge is 0.354 e. The SMILES string of the molecule is CC(=O)c1cnc(NCCc2nc3ccccc3s2)nc1C. The number of ketones is 1. The van der Waals surface area contributed by atoms with Crippen LogP contribution in [0, 0.1) is 6.92 Å². The van der Waals surface area contributed by atoms with Crippen molar-refractivity contribution in [1.82, 2.24) is 15.0 Å². The van der Waals surface area contributed by atoms with Gasteiger partial charge >= 0.3 is 0 Å². The number of rotatable bonds is 5. The number of Topliss-reactive ketones (excluding diaryl/α,β-unsaturated/α-hetero) is 1. The molecule has 0 atom stereocenters. The number of hydrogen-bond acceptors (Lipinski definition) is 6. The summed E-state index contributed by atoms with van der Waals surface area (Å²) in [7, 11) is 0. The number of thiazole rings is 1. The standard InChI is InChI=1S/C16H16N4OS/c1-10-12(11(2)21)9-18-16(19-10)17-8-7-15-20-13-5-3-4-6-14(13)22-15/h3-6,9H,7-8H2,1-2H3,(H,17,18,19). The first kappa shape index (κ1) is 14.6. The summed E-state index contributed by atoms with van der Waals surface area (Å²) in [4.78, 5) is 24.4. The third-order valence-electron chi connectivity index (χ3n) is 3.32. The third-order valence-corrected chi connectivity index (χ3v) is 4.41. The van der Waals surface area contributed by atoms with Gasteiger partial charge in [0.2, 0.25) is 5.95 Å². The molecule has 0 amide bonds. The van der Waals surface area contributed by atoms with Crippen molar-refractivity contribution in [3.8, 4) is 0 Å². The van der Waals surface area contributed by atoms with Crippen molar-refractivity contribution in [2.24, 2.45) is 0 Å². The first-order valence-electron chi connectivity index (χ1n) is 7.06. The van der Waals surface area contributed by atoms with E-state index in [0.29, 0.717) is 23.8 Å². The van der Waals surface area contributed by atoms with Gasteiger partial charge in [-0.05, 0) is 26.0 Å². The smallest absolute Gasteiger partial charge is 0.222 e. The maximum atomic E-state index is 11.4. The zero-order valence-corrected chi connectivity index (χ0v) is 13.3. The number of anilines is 1. The molecule has 0 spiro atoms. The quantitative estimate of drug-likeness (QED) is 0.732. The van der Waals surface area contributed by atoms with Gasteiger partial charge in [0.1, 0.15) is 0 Å². The molecule has 22 heavy (non-hydrogen) atoms. The van der Waals surface area contributed by atoms with Crippen LogP contribution in [-0.4, -0.2) is 27.3 Å². The van der Waals surface area contributed by atoms with Gasteiger partial charge in [-0.25, -0.2) is 15.0 Å². The number of aryl methyl sites for hydroxylation is 1. The minimum atomic E-state index is -0.0153. The Morgan fingerprint density at radius 2 is 2.09 bits per heavy atom. The van der Waals surface area contributed by atoms with Crippen LogP contribution in [0.15, 0.2) is 30.5 Å². The molecule has 0 aliphatic carbocycles. The fraction of sp³-hybridized carbons (Fsp3) is 0.250. The van der Waals surface area contributed by atoms with Crippen LogP contribution in [-0.2, 0) is 6.42 Å². The van der Waals surface area contributed by atoms with Crippen LogP contribution in [0.5, 0.6) is 0 Å². The van der Waals surface area contributed by atoms with E-state index in [2.05, 4.69) is 26.3 Å². The van der Waals surface area contributed by atoms with Crippen molar-refractivity contribution >= 4 is 33.3 Å². The van der Waals surface area contributed by atoms with Gasteiger partial charge in [0, 0.05) is 19.2 Å². The number of aromatic nitrogens is 3. The molecule has 2 heterocycles. The van der Waals surface area contributed by atoms with Crippen molar-refractivity contribution in [3.05, 3.63) is 46.7 Å². The van der Waals surface area contributed by atoms with E-state index in [4.69, 9.17) is 0 Å². The zero-order valence-electron chi connectivity index (χ0n) is 12.5. The maximum Gasteiger partial charge on any atom is 0.222 e. The van der Waals surface area contributed by atoms with Crippen molar-refractivity contribution in [1.29, 1.82) is 0 Å². The van der Waals surface area contributed by atoms with Gasteiger partial charge < -0.3 is 5.32 Å². The highest BCUT2D eigenvalue weighted by molar-refractivity contribution is 7.18. The lowest BCUT2D eigenvalue weighted by Gasteiger charge is -2.06. The zero-order chi connectivity index (χ0) is 15.5. The fourth-order valence-corrected chi connectivity index (χ4v) is 3.17. The molecule has 5 nitrogen and oxygen atoms in total. The molecule has 3 aromatic rings. The van der Waals surface area contributed by atoms with Crippen LogP contribution >= 0.6 is 11.3 Å². The first-order valence-corrected chi connectivity index (χ1v) is 7.88. The van der Waals surface area contributed by atoms with Crippen LogP contribution in [0.25, 0.3) is 10.2 Å². The molecule has 0 saturated heterocycles. The minimum Gasteiger partial charge on any atom is -0.354 e. The highest BCUT2D eigenvalue weighted by Gasteiger charge is 2.07. The second-order valence-corrected chi connectivity index (χ2v) is 6.12. The molecule has 1 N–H and O–H groups in total. The number of carbonyl (C=O) groups is 1. The molecule has 112 valence electrons. The summed E-state index contributed by atoms with van der Waals surface area (Å²) >= 11 is 1.71.